The topological polar surface area (TPSA) is 53.1 Å². The maximum absolute atomic E-state index is 11.7. The predicted octanol–water partition coefficient (Wildman–Crippen LogP) is 0.311. The van der Waals surface area contributed by atoms with Gasteiger partial charge in [0.2, 0.25) is 10.0 Å². The lowest BCUT2D eigenvalue weighted by Crippen LogP contribution is -2.53. The number of hydrogen-bond donors (Lipinski definition) is 0. The van der Waals surface area contributed by atoms with Crippen molar-refractivity contribution in [2.24, 2.45) is 0 Å². The van der Waals surface area contributed by atoms with Crippen LogP contribution in [0.4, 0.5) is 0 Å². The molecule has 1 saturated heterocycles. The molecule has 1 aliphatic rings. The molecule has 0 N–H and O–H groups in total. The molecular weight excluding hydrogens is 290 g/mol. The summed E-state index contributed by atoms with van der Waals surface area (Å²) < 4.78 is 30.0. The van der Waals surface area contributed by atoms with Gasteiger partial charge in [0.05, 0.1) is 12.4 Å². The van der Waals surface area contributed by atoms with Gasteiger partial charge in [0, 0.05) is 53.4 Å². The second-order valence-corrected chi connectivity index (χ2v) is 8.15. The third-order valence-corrected chi connectivity index (χ3v) is 6.09. The van der Waals surface area contributed by atoms with E-state index in [4.69, 9.17) is 4.74 Å². The SMILES string of the molecule is CCC1CN(CCCS(=O)(=O)N(C)C)CCN1CCOC. The van der Waals surface area contributed by atoms with Crippen LogP contribution >= 0.6 is 0 Å². The van der Waals surface area contributed by atoms with Crippen molar-refractivity contribution in [2.45, 2.75) is 25.8 Å². The lowest BCUT2D eigenvalue weighted by atomic mass is 10.1. The Morgan fingerprint density at radius 1 is 1.24 bits per heavy atom. The summed E-state index contributed by atoms with van der Waals surface area (Å²) in [6.07, 6.45) is 1.82. The van der Waals surface area contributed by atoms with Crippen LogP contribution in [0.3, 0.4) is 0 Å². The van der Waals surface area contributed by atoms with Crippen molar-refractivity contribution in [1.82, 2.24) is 14.1 Å². The first-order valence-electron chi connectivity index (χ1n) is 7.76. The van der Waals surface area contributed by atoms with Crippen LogP contribution in [0.25, 0.3) is 0 Å². The van der Waals surface area contributed by atoms with Gasteiger partial charge < -0.3 is 9.64 Å². The Balaban J connectivity index is 2.36. The molecule has 0 radical (unpaired) electrons. The minimum Gasteiger partial charge on any atom is -0.383 e. The van der Waals surface area contributed by atoms with Gasteiger partial charge in [-0.25, -0.2) is 12.7 Å². The Morgan fingerprint density at radius 2 is 1.95 bits per heavy atom. The van der Waals surface area contributed by atoms with Gasteiger partial charge in [0.1, 0.15) is 0 Å². The molecule has 126 valence electrons. The molecular formula is C14H31N3O3S. The van der Waals surface area contributed by atoms with Gasteiger partial charge in [-0.15, -0.1) is 0 Å². The molecule has 21 heavy (non-hydrogen) atoms. The fourth-order valence-corrected chi connectivity index (χ4v) is 3.56. The predicted molar refractivity (Wildman–Crippen MR) is 86.1 cm³/mol. The Kier molecular flexibility index (Phi) is 8.12. The zero-order valence-electron chi connectivity index (χ0n) is 13.9. The van der Waals surface area contributed by atoms with E-state index in [9.17, 15) is 8.42 Å². The van der Waals surface area contributed by atoms with E-state index in [1.54, 1.807) is 21.2 Å². The monoisotopic (exact) mass is 321 g/mol. The highest BCUT2D eigenvalue weighted by molar-refractivity contribution is 7.89. The van der Waals surface area contributed by atoms with Crippen LogP contribution in [0.2, 0.25) is 0 Å². The first-order valence-corrected chi connectivity index (χ1v) is 9.37. The van der Waals surface area contributed by atoms with E-state index in [1.165, 1.54) is 4.31 Å². The molecule has 1 aliphatic heterocycles. The van der Waals surface area contributed by atoms with Crippen molar-refractivity contribution >= 4 is 10.0 Å². The van der Waals surface area contributed by atoms with Gasteiger partial charge in [-0.2, -0.15) is 0 Å². The number of hydrogen-bond acceptors (Lipinski definition) is 5. The Labute approximate surface area is 130 Å². The van der Waals surface area contributed by atoms with Crippen LogP contribution in [-0.2, 0) is 14.8 Å². The zero-order chi connectivity index (χ0) is 15.9. The molecule has 0 amide bonds. The van der Waals surface area contributed by atoms with E-state index in [2.05, 4.69) is 16.7 Å². The first-order chi connectivity index (χ1) is 9.90. The first kappa shape index (κ1) is 18.8. The van der Waals surface area contributed by atoms with Gasteiger partial charge in [0.15, 0.2) is 0 Å². The van der Waals surface area contributed by atoms with Crippen LogP contribution < -0.4 is 0 Å². The largest absolute Gasteiger partial charge is 0.383 e. The Bertz CT molecular complexity index is 387. The maximum Gasteiger partial charge on any atom is 0.213 e. The highest BCUT2D eigenvalue weighted by Crippen LogP contribution is 2.13. The second kappa shape index (κ2) is 9.05. The molecule has 1 heterocycles. The molecule has 0 bridgehead atoms. The summed E-state index contributed by atoms with van der Waals surface area (Å²) in [7, 11) is 1.87. The molecule has 1 fully saturated rings. The van der Waals surface area contributed by atoms with E-state index in [0.717, 1.165) is 45.8 Å². The Morgan fingerprint density at radius 3 is 2.52 bits per heavy atom. The fourth-order valence-electron chi connectivity index (χ4n) is 2.70. The molecule has 6 nitrogen and oxygen atoms in total. The quantitative estimate of drug-likeness (QED) is 0.612. The van der Waals surface area contributed by atoms with Crippen molar-refractivity contribution < 1.29 is 13.2 Å². The summed E-state index contributed by atoms with van der Waals surface area (Å²) in [5.41, 5.74) is 0. The molecule has 0 aliphatic carbocycles. The Hall–Kier alpha value is -0.210. The lowest BCUT2D eigenvalue weighted by molar-refractivity contribution is 0.0499. The maximum atomic E-state index is 11.7. The van der Waals surface area contributed by atoms with Gasteiger partial charge in [-0.1, -0.05) is 6.92 Å². The van der Waals surface area contributed by atoms with Crippen molar-refractivity contribution in [3.8, 4) is 0 Å². The summed E-state index contributed by atoms with van der Waals surface area (Å²) in [6, 6.07) is 0.555. The molecule has 0 aromatic rings. The normalized spacial score (nSPS) is 22.0. The van der Waals surface area contributed by atoms with E-state index in [0.29, 0.717) is 12.5 Å². The van der Waals surface area contributed by atoms with E-state index in [1.807, 2.05) is 0 Å². The second-order valence-electron chi connectivity index (χ2n) is 5.84. The van der Waals surface area contributed by atoms with Crippen molar-refractivity contribution in [3.63, 3.8) is 0 Å². The number of methoxy groups -OCH3 is 1. The summed E-state index contributed by atoms with van der Waals surface area (Å²) >= 11 is 0. The number of sulfonamides is 1. The minimum absolute atomic E-state index is 0.237. The van der Waals surface area contributed by atoms with E-state index >= 15 is 0 Å². The van der Waals surface area contributed by atoms with Crippen LogP contribution in [0.5, 0.6) is 0 Å². The third kappa shape index (κ3) is 6.20. The van der Waals surface area contributed by atoms with E-state index < -0.39 is 10.0 Å². The van der Waals surface area contributed by atoms with Crippen LogP contribution in [-0.4, -0.2) is 94.9 Å². The van der Waals surface area contributed by atoms with Crippen LogP contribution in [0, 0.1) is 0 Å². The fraction of sp³-hybridized carbons (Fsp3) is 1.00. The number of piperazine rings is 1. The van der Waals surface area contributed by atoms with Crippen molar-refractivity contribution in [3.05, 3.63) is 0 Å². The lowest BCUT2D eigenvalue weighted by Gasteiger charge is -2.41. The molecule has 1 unspecified atom stereocenters. The van der Waals surface area contributed by atoms with Crippen molar-refractivity contribution in [2.75, 3.05) is 66.3 Å². The van der Waals surface area contributed by atoms with Gasteiger partial charge in [-0.3, -0.25) is 4.90 Å². The summed E-state index contributed by atoms with van der Waals surface area (Å²) in [4.78, 5) is 4.87. The average molecular weight is 321 g/mol. The molecule has 0 spiro atoms. The molecule has 1 rings (SSSR count). The number of rotatable bonds is 9. The molecule has 1 atom stereocenters. The van der Waals surface area contributed by atoms with Crippen molar-refractivity contribution in [1.29, 1.82) is 0 Å². The number of nitrogens with zero attached hydrogens (tertiary/aromatic N) is 3. The van der Waals surface area contributed by atoms with Crippen LogP contribution in [0.1, 0.15) is 19.8 Å². The molecule has 0 saturated carbocycles. The minimum atomic E-state index is -3.06. The summed E-state index contributed by atoms with van der Waals surface area (Å²) in [6.45, 7) is 7.92. The third-order valence-electron chi connectivity index (χ3n) is 4.18. The van der Waals surface area contributed by atoms with Gasteiger partial charge in [-0.05, 0) is 19.4 Å². The standard InChI is InChI=1S/C14H31N3O3S/c1-5-14-13-16(8-9-17(14)10-11-20-4)7-6-12-21(18,19)15(2)3/h14H,5-13H2,1-4H3. The molecule has 7 heteroatoms. The molecule has 0 aromatic carbocycles. The number of ether oxygens (including phenoxy) is 1. The smallest absolute Gasteiger partial charge is 0.213 e. The van der Waals surface area contributed by atoms with E-state index in [-0.39, 0.29) is 5.75 Å². The summed E-state index contributed by atoms with van der Waals surface area (Å²) in [5.74, 6) is 0.237. The van der Waals surface area contributed by atoms with Gasteiger partial charge >= 0.3 is 0 Å². The zero-order valence-corrected chi connectivity index (χ0v) is 14.7. The molecule has 0 aromatic heterocycles. The summed E-state index contributed by atoms with van der Waals surface area (Å²) in [5, 5.41) is 0. The van der Waals surface area contributed by atoms with Gasteiger partial charge in [0.25, 0.3) is 0 Å². The average Bonchev–Trinajstić information content (AvgIpc) is 2.45. The highest BCUT2D eigenvalue weighted by atomic mass is 32.2. The highest BCUT2D eigenvalue weighted by Gasteiger charge is 2.25. The van der Waals surface area contributed by atoms with Crippen LogP contribution in [0.15, 0.2) is 0 Å².